The molecule has 0 saturated carbocycles. The number of urea groups is 1. The highest BCUT2D eigenvalue weighted by molar-refractivity contribution is 6.44. The number of nitrogens with zero attached hydrogens (tertiary/aromatic N) is 3. The normalized spacial score (nSPS) is 11.3. The maximum Gasteiger partial charge on any atom is 0.327 e. The van der Waals surface area contributed by atoms with Crippen LogP contribution in [0.3, 0.4) is 0 Å². The molecular formula is C18H22Cl2N4O3. The minimum atomic E-state index is -0.787. The number of hydrogen-bond donors (Lipinski definition) is 1. The van der Waals surface area contributed by atoms with Crippen molar-refractivity contribution < 1.29 is 14.3 Å². The highest BCUT2D eigenvalue weighted by Gasteiger charge is 2.28. The van der Waals surface area contributed by atoms with E-state index in [0.29, 0.717) is 17.2 Å². The quantitative estimate of drug-likeness (QED) is 0.742. The van der Waals surface area contributed by atoms with Gasteiger partial charge in [-0.2, -0.15) is 5.10 Å². The Kier molecular flexibility index (Phi) is 6.38. The molecule has 0 unspecified atom stereocenters. The van der Waals surface area contributed by atoms with E-state index in [4.69, 9.17) is 33.7 Å². The number of benzene rings is 1. The molecule has 9 heteroatoms. The standard InChI is InChI=1S/C18H22Cl2N4O3/c1-5-27-15(25)10-23-14(9-13(22-23)18(2,3)4)24(17(21)26)12-8-6-7-11(19)16(12)20/h6-9H,5,10H2,1-4H3,(H2,21,26). The van der Waals surface area contributed by atoms with Gasteiger partial charge in [0.1, 0.15) is 12.4 Å². The lowest BCUT2D eigenvalue weighted by Gasteiger charge is -2.22. The van der Waals surface area contributed by atoms with Crippen molar-refractivity contribution in [2.75, 3.05) is 11.5 Å². The van der Waals surface area contributed by atoms with Crippen LogP contribution in [0.4, 0.5) is 16.3 Å². The highest BCUT2D eigenvalue weighted by atomic mass is 35.5. The third kappa shape index (κ3) is 4.73. The lowest BCUT2D eigenvalue weighted by atomic mass is 9.92. The third-order valence-corrected chi connectivity index (χ3v) is 4.54. The number of hydrogen-bond acceptors (Lipinski definition) is 4. The molecule has 27 heavy (non-hydrogen) atoms. The van der Waals surface area contributed by atoms with Crippen molar-refractivity contribution >= 4 is 46.7 Å². The van der Waals surface area contributed by atoms with Crippen LogP contribution in [-0.2, 0) is 21.5 Å². The summed E-state index contributed by atoms with van der Waals surface area (Å²) >= 11 is 12.4. The summed E-state index contributed by atoms with van der Waals surface area (Å²) < 4.78 is 6.38. The van der Waals surface area contributed by atoms with Gasteiger partial charge in [-0.15, -0.1) is 0 Å². The lowest BCUT2D eigenvalue weighted by molar-refractivity contribution is -0.144. The molecule has 1 heterocycles. The van der Waals surface area contributed by atoms with Crippen LogP contribution in [0.25, 0.3) is 0 Å². The van der Waals surface area contributed by atoms with Gasteiger partial charge in [0.25, 0.3) is 0 Å². The summed E-state index contributed by atoms with van der Waals surface area (Å²) in [5, 5.41) is 4.91. The molecule has 0 bridgehead atoms. The van der Waals surface area contributed by atoms with Crippen LogP contribution in [0, 0.1) is 0 Å². The third-order valence-electron chi connectivity index (χ3n) is 3.73. The van der Waals surface area contributed by atoms with E-state index < -0.39 is 12.0 Å². The fourth-order valence-corrected chi connectivity index (χ4v) is 2.80. The Labute approximate surface area is 168 Å². The second-order valence-corrected chi connectivity index (χ2v) is 7.63. The first-order valence-corrected chi connectivity index (χ1v) is 9.09. The zero-order valence-corrected chi connectivity index (χ0v) is 17.1. The van der Waals surface area contributed by atoms with Crippen molar-refractivity contribution in [1.29, 1.82) is 0 Å². The zero-order valence-electron chi connectivity index (χ0n) is 15.6. The van der Waals surface area contributed by atoms with Gasteiger partial charge in [0, 0.05) is 11.5 Å². The fraction of sp³-hybridized carbons (Fsp3) is 0.389. The predicted molar refractivity (Wildman–Crippen MR) is 106 cm³/mol. The maximum atomic E-state index is 12.3. The summed E-state index contributed by atoms with van der Waals surface area (Å²) in [4.78, 5) is 25.5. The van der Waals surface area contributed by atoms with E-state index in [2.05, 4.69) is 5.10 Å². The first-order valence-electron chi connectivity index (χ1n) is 8.33. The summed E-state index contributed by atoms with van der Waals surface area (Å²) in [6, 6.07) is 5.77. The van der Waals surface area contributed by atoms with Gasteiger partial charge in [0.2, 0.25) is 0 Å². The smallest absolute Gasteiger partial charge is 0.327 e. The Hall–Kier alpha value is -2.25. The molecule has 0 atom stereocenters. The van der Waals surface area contributed by atoms with Crippen LogP contribution in [0.5, 0.6) is 0 Å². The number of esters is 1. The van der Waals surface area contributed by atoms with Crippen molar-refractivity contribution in [3.63, 3.8) is 0 Å². The Bertz CT molecular complexity index is 859. The van der Waals surface area contributed by atoms with Crippen LogP contribution < -0.4 is 10.6 Å². The molecular weight excluding hydrogens is 391 g/mol. The van der Waals surface area contributed by atoms with Gasteiger partial charge in [-0.05, 0) is 19.1 Å². The number of nitrogens with two attached hydrogens (primary N) is 1. The average molecular weight is 413 g/mol. The molecule has 7 nitrogen and oxygen atoms in total. The predicted octanol–water partition coefficient (Wildman–Crippen LogP) is 4.27. The van der Waals surface area contributed by atoms with Crippen molar-refractivity contribution in [3.8, 4) is 0 Å². The molecule has 0 saturated heterocycles. The minimum Gasteiger partial charge on any atom is -0.465 e. The maximum absolute atomic E-state index is 12.3. The van der Waals surface area contributed by atoms with Crippen molar-refractivity contribution in [2.45, 2.75) is 39.7 Å². The number of anilines is 2. The number of amides is 2. The molecule has 0 aliphatic carbocycles. The lowest BCUT2D eigenvalue weighted by Crippen LogP contribution is -2.34. The summed E-state index contributed by atoms with van der Waals surface area (Å²) in [6.45, 7) is 7.67. The number of carbonyl (C=O) groups is 2. The molecule has 0 aliphatic heterocycles. The van der Waals surface area contributed by atoms with Gasteiger partial charge in [-0.3, -0.25) is 4.79 Å². The van der Waals surface area contributed by atoms with Crippen LogP contribution in [-0.4, -0.2) is 28.4 Å². The van der Waals surface area contributed by atoms with Crippen molar-refractivity contribution in [1.82, 2.24) is 9.78 Å². The molecule has 2 N–H and O–H groups in total. The number of halogens is 2. The second-order valence-electron chi connectivity index (χ2n) is 6.85. The topological polar surface area (TPSA) is 90.5 Å². The Morgan fingerprint density at radius 3 is 2.52 bits per heavy atom. The molecule has 1 aromatic heterocycles. The van der Waals surface area contributed by atoms with Gasteiger partial charge in [0.15, 0.2) is 0 Å². The van der Waals surface area contributed by atoms with Gasteiger partial charge < -0.3 is 10.5 Å². The molecule has 2 amide bonds. The van der Waals surface area contributed by atoms with Crippen molar-refractivity contribution in [3.05, 3.63) is 40.0 Å². The molecule has 0 spiro atoms. The Morgan fingerprint density at radius 1 is 1.30 bits per heavy atom. The van der Waals surface area contributed by atoms with Crippen molar-refractivity contribution in [2.24, 2.45) is 5.73 Å². The SMILES string of the molecule is CCOC(=O)Cn1nc(C(C)(C)C)cc1N(C(N)=O)c1cccc(Cl)c1Cl. The molecule has 1 aromatic carbocycles. The van der Waals surface area contributed by atoms with Crippen LogP contribution in [0.15, 0.2) is 24.3 Å². The summed E-state index contributed by atoms with van der Waals surface area (Å²) in [7, 11) is 0. The average Bonchev–Trinajstić information content (AvgIpc) is 2.95. The molecule has 0 radical (unpaired) electrons. The van der Waals surface area contributed by atoms with Crippen LogP contribution in [0.1, 0.15) is 33.4 Å². The molecule has 0 aliphatic rings. The fourth-order valence-electron chi connectivity index (χ4n) is 2.42. The number of carbonyl (C=O) groups excluding carboxylic acids is 2. The first-order chi connectivity index (χ1) is 12.6. The van der Waals surface area contributed by atoms with E-state index in [-0.39, 0.29) is 28.6 Å². The number of primary amides is 1. The largest absolute Gasteiger partial charge is 0.465 e. The van der Waals surface area contributed by atoms with Gasteiger partial charge >= 0.3 is 12.0 Å². The van der Waals surface area contributed by atoms with Crippen LogP contribution >= 0.6 is 23.2 Å². The van der Waals surface area contributed by atoms with E-state index in [1.807, 2.05) is 20.8 Å². The minimum absolute atomic E-state index is 0.166. The Morgan fingerprint density at radius 2 is 1.96 bits per heavy atom. The zero-order chi connectivity index (χ0) is 20.4. The van der Waals surface area contributed by atoms with E-state index in [0.717, 1.165) is 0 Å². The monoisotopic (exact) mass is 412 g/mol. The molecule has 146 valence electrons. The second kappa shape index (κ2) is 8.19. The van der Waals surface area contributed by atoms with E-state index in [1.165, 1.54) is 9.58 Å². The highest BCUT2D eigenvalue weighted by Crippen LogP contribution is 2.37. The van der Waals surface area contributed by atoms with Gasteiger partial charge in [0.05, 0.1) is 28.0 Å². The number of rotatable bonds is 5. The van der Waals surface area contributed by atoms with E-state index in [9.17, 15) is 9.59 Å². The summed E-state index contributed by atoms with van der Waals surface area (Å²) in [5.41, 5.74) is 6.27. The van der Waals surface area contributed by atoms with E-state index in [1.54, 1.807) is 31.2 Å². The summed E-state index contributed by atoms with van der Waals surface area (Å²) in [6.07, 6.45) is 0. The van der Waals surface area contributed by atoms with Gasteiger partial charge in [-0.1, -0.05) is 50.0 Å². The molecule has 2 aromatic rings. The Balaban J connectivity index is 2.63. The number of aromatic nitrogens is 2. The number of ether oxygens (including phenoxy) is 1. The summed E-state index contributed by atoms with van der Waals surface area (Å²) in [5.74, 6) is -0.187. The molecule has 2 rings (SSSR count). The first kappa shape index (κ1) is 21.1. The van der Waals surface area contributed by atoms with Gasteiger partial charge in [-0.25, -0.2) is 14.4 Å². The molecule has 0 fully saturated rings. The van der Waals surface area contributed by atoms with Crippen LogP contribution in [0.2, 0.25) is 10.0 Å². The van der Waals surface area contributed by atoms with E-state index >= 15 is 0 Å².